The van der Waals surface area contributed by atoms with Crippen molar-refractivity contribution in [2.45, 2.75) is 213 Å². The Morgan fingerprint density at radius 2 is 0.800 bits per heavy atom. The highest BCUT2D eigenvalue weighted by atomic mass is 16.5. The maximum Gasteiger partial charge on any atom is 0.305 e. The van der Waals surface area contributed by atoms with Crippen LogP contribution in [-0.4, -0.2) is 18.4 Å². The number of hydrogen-bond donors (Lipinski definition) is 0. The van der Waals surface area contributed by atoms with Gasteiger partial charge in [-0.25, -0.2) is 0 Å². The molecule has 0 aromatic rings. The summed E-state index contributed by atoms with van der Waals surface area (Å²) < 4.78 is 5.49. The summed E-state index contributed by atoms with van der Waals surface area (Å²) in [6.45, 7) is 7.34. The van der Waals surface area contributed by atoms with E-state index in [4.69, 9.17) is 4.74 Å². The van der Waals surface area contributed by atoms with Gasteiger partial charge in [-0.05, 0) is 31.6 Å². The van der Waals surface area contributed by atoms with Crippen molar-refractivity contribution < 1.29 is 14.3 Å². The first-order chi connectivity index (χ1) is 19.6. The maximum absolute atomic E-state index is 12.1. The third kappa shape index (κ3) is 30.1. The molecule has 0 heterocycles. The van der Waals surface area contributed by atoms with Gasteiger partial charge in [-0.3, -0.25) is 9.59 Å². The molecule has 0 fully saturated rings. The molecule has 0 spiro atoms. The lowest BCUT2D eigenvalue weighted by Gasteiger charge is -2.17. The molecule has 0 amide bonds. The van der Waals surface area contributed by atoms with Crippen molar-refractivity contribution in [3.8, 4) is 0 Å². The molecular weight excluding hydrogens is 492 g/mol. The largest absolute Gasteiger partial charge is 0.466 e. The van der Waals surface area contributed by atoms with E-state index >= 15 is 0 Å². The zero-order chi connectivity index (χ0) is 29.4. The smallest absolute Gasteiger partial charge is 0.305 e. The van der Waals surface area contributed by atoms with Crippen molar-refractivity contribution in [1.82, 2.24) is 0 Å². The number of esters is 1. The average Bonchev–Trinajstić information content (AvgIpc) is 2.95. The lowest BCUT2D eigenvalue weighted by atomic mass is 9.90. The number of carbonyl (C=O) groups is 2. The zero-order valence-electron chi connectivity index (χ0n) is 27.7. The Morgan fingerprint density at radius 3 is 1.27 bits per heavy atom. The van der Waals surface area contributed by atoms with Gasteiger partial charge in [-0.1, -0.05) is 168 Å². The fourth-order valence-electron chi connectivity index (χ4n) is 5.84. The van der Waals surface area contributed by atoms with E-state index in [1.54, 1.807) is 0 Å². The molecule has 0 aliphatic rings. The third-order valence-corrected chi connectivity index (χ3v) is 8.60. The van der Waals surface area contributed by atoms with Gasteiger partial charge in [0.25, 0.3) is 0 Å². The minimum atomic E-state index is -0.120. The van der Waals surface area contributed by atoms with Gasteiger partial charge in [0.15, 0.2) is 0 Å². The topological polar surface area (TPSA) is 43.4 Å². The highest BCUT2D eigenvalue weighted by Gasteiger charge is 2.10. The summed E-state index contributed by atoms with van der Waals surface area (Å²) in [6.07, 6.45) is 36.7. The maximum atomic E-state index is 12.1. The van der Waals surface area contributed by atoms with Crippen molar-refractivity contribution in [1.29, 1.82) is 0 Å². The lowest BCUT2D eigenvalue weighted by Crippen LogP contribution is -2.08. The van der Waals surface area contributed by atoms with E-state index in [9.17, 15) is 9.59 Å². The molecule has 3 nitrogen and oxygen atoms in total. The van der Waals surface area contributed by atoms with Crippen LogP contribution in [0.1, 0.15) is 213 Å². The molecule has 40 heavy (non-hydrogen) atoms. The molecule has 0 radical (unpaired) electrons. The highest BCUT2D eigenvalue weighted by Crippen LogP contribution is 2.24. The van der Waals surface area contributed by atoms with E-state index in [1.807, 2.05) is 0 Å². The zero-order valence-corrected chi connectivity index (χ0v) is 27.7. The second-order valence-corrected chi connectivity index (χ2v) is 12.7. The first kappa shape index (κ1) is 39.1. The third-order valence-electron chi connectivity index (χ3n) is 8.60. The highest BCUT2D eigenvalue weighted by molar-refractivity contribution is 5.79. The van der Waals surface area contributed by atoms with Gasteiger partial charge < -0.3 is 4.74 Å². The van der Waals surface area contributed by atoms with Crippen LogP contribution in [0.2, 0.25) is 0 Å². The molecule has 0 saturated heterocycles. The van der Waals surface area contributed by atoms with E-state index in [1.165, 1.54) is 148 Å². The number of ketones is 1. The first-order valence-electron chi connectivity index (χ1n) is 18.3. The quantitative estimate of drug-likeness (QED) is 0.0588. The van der Waals surface area contributed by atoms with Gasteiger partial charge in [-0.2, -0.15) is 0 Å². The number of carbonyl (C=O) groups excluding carboxylic acids is 2. The molecule has 0 aliphatic carbocycles. The van der Waals surface area contributed by atoms with E-state index in [-0.39, 0.29) is 5.97 Å². The molecule has 0 atom stereocenters. The molecule has 3 heteroatoms. The van der Waals surface area contributed by atoms with Crippen molar-refractivity contribution >= 4 is 11.8 Å². The summed E-state index contributed by atoms with van der Waals surface area (Å²) in [7, 11) is 0. The number of unbranched alkanes of at least 4 members (excludes halogenated alkanes) is 19. The standard InChI is InChI=1S/C37H72O3/c1-4-7-10-13-15-17-20-22-28-35(29-23-21-18-16-14-11-8-5-2)30-25-26-34-40-37(39)33-27-32-36(38)31-24-19-12-9-6-3/h35H,4-34H2,1-3H3. The van der Waals surface area contributed by atoms with Crippen LogP contribution in [0.5, 0.6) is 0 Å². The number of hydrogen-bond acceptors (Lipinski definition) is 3. The molecule has 0 rings (SSSR count). The molecule has 0 aliphatic heterocycles. The van der Waals surface area contributed by atoms with Crippen LogP contribution < -0.4 is 0 Å². The summed E-state index contributed by atoms with van der Waals surface area (Å²) in [4.78, 5) is 24.1. The fourth-order valence-corrected chi connectivity index (χ4v) is 5.84. The van der Waals surface area contributed by atoms with Crippen LogP contribution in [0.25, 0.3) is 0 Å². The Balaban J connectivity index is 3.99. The van der Waals surface area contributed by atoms with Gasteiger partial charge in [0, 0.05) is 19.3 Å². The van der Waals surface area contributed by atoms with Crippen molar-refractivity contribution in [2.24, 2.45) is 5.92 Å². The second kappa shape index (κ2) is 32.7. The predicted octanol–water partition coefficient (Wildman–Crippen LogP) is 12.5. The summed E-state index contributed by atoms with van der Waals surface area (Å²) in [5.41, 5.74) is 0. The number of ether oxygens (including phenoxy) is 1. The molecule has 0 aromatic carbocycles. The van der Waals surface area contributed by atoms with Gasteiger partial charge in [0.1, 0.15) is 5.78 Å². The predicted molar refractivity (Wildman–Crippen MR) is 175 cm³/mol. The number of Topliss-reactive ketones (excluding diaryl/α,β-unsaturated/α-hetero) is 1. The molecule has 238 valence electrons. The SMILES string of the molecule is CCCCCCCCCCC(CCCCCCCCCC)CCCCOC(=O)CCCC(=O)CCCCCCC. The second-order valence-electron chi connectivity index (χ2n) is 12.7. The summed E-state index contributed by atoms with van der Waals surface area (Å²) >= 11 is 0. The van der Waals surface area contributed by atoms with Gasteiger partial charge >= 0.3 is 5.97 Å². The Morgan fingerprint density at radius 1 is 0.425 bits per heavy atom. The van der Waals surface area contributed by atoms with Crippen molar-refractivity contribution in [3.05, 3.63) is 0 Å². The van der Waals surface area contributed by atoms with Crippen LogP contribution in [0, 0.1) is 5.92 Å². The molecule has 0 unspecified atom stereocenters. The Bertz CT molecular complexity index is 510. The molecular formula is C37H72O3. The van der Waals surface area contributed by atoms with Gasteiger partial charge in [-0.15, -0.1) is 0 Å². The van der Waals surface area contributed by atoms with Crippen LogP contribution in [-0.2, 0) is 14.3 Å². The molecule has 0 saturated carbocycles. The van der Waals surface area contributed by atoms with E-state index in [0.29, 0.717) is 38.1 Å². The van der Waals surface area contributed by atoms with E-state index in [0.717, 1.165) is 25.2 Å². The van der Waals surface area contributed by atoms with Crippen molar-refractivity contribution in [2.75, 3.05) is 6.61 Å². The van der Waals surface area contributed by atoms with Crippen LogP contribution in [0.3, 0.4) is 0 Å². The minimum absolute atomic E-state index is 0.120. The molecule has 0 aromatic heterocycles. The average molecular weight is 565 g/mol. The molecule has 0 bridgehead atoms. The summed E-state index contributed by atoms with van der Waals surface area (Å²) in [5, 5.41) is 0. The first-order valence-corrected chi connectivity index (χ1v) is 18.3. The van der Waals surface area contributed by atoms with Crippen LogP contribution >= 0.6 is 0 Å². The monoisotopic (exact) mass is 565 g/mol. The lowest BCUT2D eigenvalue weighted by molar-refractivity contribution is -0.143. The minimum Gasteiger partial charge on any atom is -0.466 e. The normalized spacial score (nSPS) is 11.4. The van der Waals surface area contributed by atoms with Crippen molar-refractivity contribution in [3.63, 3.8) is 0 Å². The van der Waals surface area contributed by atoms with E-state index in [2.05, 4.69) is 20.8 Å². The molecule has 0 N–H and O–H groups in total. The van der Waals surface area contributed by atoms with E-state index < -0.39 is 0 Å². The van der Waals surface area contributed by atoms with Gasteiger partial charge in [0.05, 0.1) is 6.61 Å². The summed E-state index contributed by atoms with van der Waals surface area (Å²) in [5.74, 6) is 1.04. The Kier molecular flexibility index (Phi) is 31.9. The number of rotatable bonds is 33. The fraction of sp³-hybridized carbons (Fsp3) is 0.946. The Hall–Kier alpha value is -0.860. The van der Waals surface area contributed by atoms with Crippen LogP contribution in [0.15, 0.2) is 0 Å². The van der Waals surface area contributed by atoms with Crippen LogP contribution in [0.4, 0.5) is 0 Å². The Labute approximate surface area is 251 Å². The summed E-state index contributed by atoms with van der Waals surface area (Å²) in [6, 6.07) is 0. The van der Waals surface area contributed by atoms with Gasteiger partial charge in [0.2, 0.25) is 0 Å².